The van der Waals surface area contributed by atoms with Crippen LogP contribution in [0, 0.1) is 13.8 Å². The minimum atomic E-state index is -3.55. The number of anilines is 1. The maximum absolute atomic E-state index is 12.7. The second-order valence-corrected chi connectivity index (χ2v) is 10.7. The summed E-state index contributed by atoms with van der Waals surface area (Å²) in [6, 6.07) is 22.6. The predicted molar refractivity (Wildman–Crippen MR) is 142 cm³/mol. The van der Waals surface area contributed by atoms with E-state index in [9.17, 15) is 18.0 Å². The van der Waals surface area contributed by atoms with E-state index in [4.69, 9.17) is 0 Å². The molecule has 0 saturated heterocycles. The van der Waals surface area contributed by atoms with Crippen molar-refractivity contribution in [3.63, 3.8) is 0 Å². The molecule has 4 rings (SSSR count). The Labute approximate surface area is 213 Å². The number of sulfonamides is 1. The average molecular weight is 509 g/mol. The third kappa shape index (κ3) is 6.38. The molecule has 1 aliphatic heterocycles. The van der Waals surface area contributed by atoms with Gasteiger partial charge in [0.1, 0.15) is 11.4 Å². The normalized spacial score (nSPS) is 13.7. The Morgan fingerprint density at radius 3 is 2.03 bits per heavy atom. The minimum Gasteiger partial charge on any atom is -0.321 e. The number of para-hydroxylation sites is 1. The fourth-order valence-electron chi connectivity index (χ4n) is 4.31. The number of nitrogens with one attached hydrogen (secondary N) is 2. The van der Waals surface area contributed by atoms with Gasteiger partial charge in [0.05, 0.1) is 18.7 Å². The Morgan fingerprint density at radius 2 is 1.44 bits per heavy atom. The Hall–Kier alpha value is -3.49. The van der Waals surface area contributed by atoms with Crippen molar-refractivity contribution in [1.29, 1.82) is 0 Å². The van der Waals surface area contributed by atoms with Crippen molar-refractivity contribution in [3.05, 3.63) is 95.1 Å². The first-order chi connectivity index (χ1) is 17.1. The van der Waals surface area contributed by atoms with Crippen LogP contribution in [0.3, 0.4) is 0 Å². The quantitative estimate of drug-likeness (QED) is 0.462. The highest BCUT2D eigenvalue weighted by atomic mass is 32.2. The lowest BCUT2D eigenvalue weighted by Gasteiger charge is -2.36. The maximum atomic E-state index is 12.7. The number of carbonyl (C=O) groups is 2. The molecule has 0 saturated carbocycles. The van der Waals surface area contributed by atoms with Crippen molar-refractivity contribution in [2.75, 3.05) is 25.0 Å². The van der Waals surface area contributed by atoms with Crippen molar-refractivity contribution < 1.29 is 22.5 Å². The molecule has 0 aromatic heterocycles. The third-order valence-corrected chi connectivity index (χ3v) is 7.96. The standard InChI is InChI=1S/C21H28N2O.C7H5NO3S/c1-5-23(6-2,15-19-13-8-7-9-14-19)16-20(24)22-21-17(3)11-10-12-18(21)4;9-7-5-3-1-2-4-6(5)12(10,11)8-7/h7-14H,5-6,15-16H2,1-4H3;1-4H,(H,8,9)/p+1. The number of hydrogen-bond acceptors (Lipinski definition) is 4. The minimum absolute atomic E-state index is 0.0648. The van der Waals surface area contributed by atoms with Crippen LogP contribution in [0.1, 0.15) is 40.9 Å². The number of benzene rings is 3. The Bertz CT molecular complexity index is 1310. The number of quaternary nitrogens is 1. The van der Waals surface area contributed by atoms with Gasteiger partial charge in [-0.25, -0.2) is 13.1 Å². The van der Waals surface area contributed by atoms with Gasteiger partial charge in [-0.3, -0.25) is 9.59 Å². The first kappa shape index (κ1) is 27.1. The van der Waals surface area contributed by atoms with E-state index in [1.54, 1.807) is 12.1 Å². The third-order valence-electron chi connectivity index (χ3n) is 6.58. The zero-order valence-electron chi connectivity index (χ0n) is 21.2. The van der Waals surface area contributed by atoms with Crippen molar-refractivity contribution >= 4 is 27.5 Å². The largest absolute Gasteiger partial charge is 0.321 e. The van der Waals surface area contributed by atoms with E-state index >= 15 is 0 Å². The molecule has 0 radical (unpaired) electrons. The summed E-state index contributed by atoms with van der Waals surface area (Å²) in [5, 5.41) is 3.13. The highest BCUT2D eigenvalue weighted by Crippen LogP contribution is 2.22. The van der Waals surface area contributed by atoms with Crippen molar-refractivity contribution in [3.8, 4) is 0 Å². The summed E-state index contributed by atoms with van der Waals surface area (Å²) < 4.78 is 24.9. The van der Waals surface area contributed by atoms with Crippen molar-refractivity contribution in [2.24, 2.45) is 0 Å². The maximum Gasteiger partial charge on any atom is 0.279 e. The monoisotopic (exact) mass is 508 g/mol. The summed E-state index contributed by atoms with van der Waals surface area (Å²) in [6.07, 6.45) is 0. The molecule has 2 N–H and O–H groups in total. The van der Waals surface area contributed by atoms with Gasteiger partial charge in [0.25, 0.3) is 21.8 Å². The molecule has 0 unspecified atom stereocenters. The smallest absolute Gasteiger partial charge is 0.279 e. The molecule has 1 heterocycles. The van der Waals surface area contributed by atoms with Gasteiger partial charge in [0, 0.05) is 11.3 Å². The molecule has 0 aliphatic carbocycles. The summed E-state index contributed by atoms with van der Waals surface area (Å²) in [6.45, 7) is 11.7. The summed E-state index contributed by atoms with van der Waals surface area (Å²) >= 11 is 0. The molecule has 2 amide bonds. The first-order valence-electron chi connectivity index (χ1n) is 12.0. The van der Waals surface area contributed by atoms with Crippen LogP contribution in [0.15, 0.2) is 77.7 Å². The van der Waals surface area contributed by atoms with E-state index in [0.29, 0.717) is 6.54 Å². The number of hydrogen-bond donors (Lipinski definition) is 2. The number of aryl methyl sites for hydroxylation is 2. The van der Waals surface area contributed by atoms with Crippen LogP contribution < -0.4 is 10.0 Å². The Morgan fingerprint density at radius 1 is 0.861 bits per heavy atom. The van der Waals surface area contributed by atoms with E-state index in [-0.39, 0.29) is 16.4 Å². The highest BCUT2D eigenvalue weighted by molar-refractivity contribution is 7.90. The van der Waals surface area contributed by atoms with Gasteiger partial charge in [-0.05, 0) is 51.0 Å². The second-order valence-electron chi connectivity index (χ2n) is 9.02. The molecule has 0 fully saturated rings. The van der Waals surface area contributed by atoms with Gasteiger partial charge >= 0.3 is 0 Å². The highest BCUT2D eigenvalue weighted by Gasteiger charge is 2.31. The van der Waals surface area contributed by atoms with Crippen LogP contribution in [0.4, 0.5) is 5.69 Å². The lowest BCUT2D eigenvalue weighted by atomic mass is 10.1. The summed E-state index contributed by atoms with van der Waals surface area (Å²) in [5.41, 5.74) is 4.67. The Kier molecular flexibility index (Phi) is 8.66. The topological polar surface area (TPSA) is 92.3 Å². The molecule has 0 spiro atoms. The summed E-state index contributed by atoms with van der Waals surface area (Å²) in [7, 11) is -3.55. The zero-order valence-corrected chi connectivity index (χ0v) is 22.1. The number of amides is 2. The predicted octanol–water partition coefficient (Wildman–Crippen LogP) is 4.42. The number of fused-ring (bicyclic) bond motifs is 1. The second kappa shape index (κ2) is 11.5. The van der Waals surface area contributed by atoms with E-state index in [0.717, 1.165) is 40.9 Å². The van der Waals surface area contributed by atoms with Gasteiger partial charge in [0.15, 0.2) is 6.54 Å². The average Bonchev–Trinajstić information content (AvgIpc) is 3.10. The Balaban J connectivity index is 0.000000249. The van der Waals surface area contributed by atoms with E-state index in [1.165, 1.54) is 17.7 Å². The number of rotatable bonds is 7. The van der Waals surface area contributed by atoms with E-state index < -0.39 is 15.9 Å². The number of carbonyl (C=O) groups excluding carboxylic acids is 2. The van der Waals surface area contributed by atoms with Gasteiger partial charge in [-0.15, -0.1) is 0 Å². The van der Waals surface area contributed by atoms with Crippen LogP contribution in [0.5, 0.6) is 0 Å². The van der Waals surface area contributed by atoms with Gasteiger partial charge in [-0.2, -0.15) is 0 Å². The fourth-order valence-corrected chi connectivity index (χ4v) is 5.49. The van der Waals surface area contributed by atoms with E-state index in [2.05, 4.69) is 43.4 Å². The summed E-state index contributed by atoms with van der Waals surface area (Å²) in [4.78, 5) is 23.8. The van der Waals surface area contributed by atoms with Crippen LogP contribution in [-0.4, -0.2) is 44.3 Å². The molecular formula is C28H34N3O4S+. The molecular weight excluding hydrogens is 474 g/mol. The SMILES string of the molecule is CC[N+](CC)(CC(=O)Nc1c(C)cccc1C)Cc1ccccc1.O=C1NS(=O)(=O)c2ccccc21. The zero-order chi connectivity index (χ0) is 26.3. The molecule has 3 aromatic rings. The van der Waals surface area contributed by atoms with Crippen LogP contribution >= 0.6 is 0 Å². The van der Waals surface area contributed by atoms with Crippen molar-refractivity contribution in [2.45, 2.75) is 39.1 Å². The number of likely N-dealkylation sites (N-methyl/N-ethyl adjacent to an activating group) is 1. The molecule has 0 atom stereocenters. The van der Waals surface area contributed by atoms with Crippen molar-refractivity contribution in [1.82, 2.24) is 4.72 Å². The fraction of sp³-hybridized carbons (Fsp3) is 0.286. The molecule has 8 heteroatoms. The molecule has 36 heavy (non-hydrogen) atoms. The van der Waals surface area contributed by atoms with Crippen LogP contribution in [-0.2, 0) is 21.4 Å². The van der Waals surface area contributed by atoms with Gasteiger partial charge < -0.3 is 9.80 Å². The molecule has 0 bridgehead atoms. The van der Waals surface area contributed by atoms with Gasteiger partial charge in [0.2, 0.25) is 0 Å². The van der Waals surface area contributed by atoms with Crippen LogP contribution in [0.25, 0.3) is 0 Å². The molecule has 1 aliphatic rings. The first-order valence-corrected chi connectivity index (χ1v) is 13.5. The van der Waals surface area contributed by atoms with E-state index in [1.807, 2.05) is 42.8 Å². The molecule has 7 nitrogen and oxygen atoms in total. The number of nitrogens with zero attached hydrogens (tertiary/aromatic N) is 1. The molecule has 3 aromatic carbocycles. The lowest BCUT2D eigenvalue weighted by Crippen LogP contribution is -2.51. The summed E-state index contributed by atoms with van der Waals surface area (Å²) in [5.74, 6) is -0.461. The lowest BCUT2D eigenvalue weighted by molar-refractivity contribution is -0.930. The van der Waals surface area contributed by atoms with Gasteiger partial charge in [-0.1, -0.05) is 60.7 Å². The van der Waals surface area contributed by atoms with Crippen LogP contribution in [0.2, 0.25) is 0 Å². The molecule has 190 valence electrons.